The summed E-state index contributed by atoms with van der Waals surface area (Å²) in [5.41, 5.74) is 0.661. The third kappa shape index (κ3) is 5.50. The monoisotopic (exact) mass is 453 g/mol. The maximum absolute atomic E-state index is 12.8. The van der Waals surface area contributed by atoms with Gasteiger partial charge in [-0.05, 0) is 50.2 Å². The maximum atomic E-state index is 12.8. The van der Waals surface area contributed by atoms with Gasteiger partial charge in [0, 0.05) is 31.3 Å². The van der Waals surface area contributed by atoms with Crippen molar-refractivity contribution >= 4 is 39.1 Å². The molecule has 0 aliphatic heterocycles. The zero-order valence-electron chi connectivity index (χ0n) is 17.3. The lowest BCUT2D eigenvalue weighted by Crippen LogP contribution is -2.30. The Balaban J connectivity index is 2.40. The van der Waals surface area contributed by atoms with E-state index in [4.69, 9.17) is 16.3 Å². The predicted octanol–water partition coefficient (Wildman–Crippen LogP) is 2.99. The van der Waals surface area contributed by atoms with Crippen molar-refractivity contribution in [2.24, 2.45) is 0 Å². The lowest BCUT2D eigenvalue weighted by atomic mass is 10.1. The fourth-order valence-electron chi connectivity index (χ4n) is 2.61. The van der Waals surface area contributed by atoms with Crippen molar-refractivity contribution in [2.45, 2.75) is 24.8 Å². The summed E-state index contributed by atoms with van der Waals surface area (Å²) in [5.74, 6) is -0.730. The Morgan fingerprint density at radius 1 is 1.07 bits per heavy atom. The highest BCUT2D eigenvalue weighted by atomic mass is 35.5. The molecule has 8 nitrogen and oxygen atoms in total. The van der Waals surface area contributed by atoms with Crippen LogP contribution in [0.2, 0.25) is 5.02 Å². The molecule has 0 aliphatic carbocycles. The maximum Gasteiger partial charge on any atom is 0.255 e. The van der Waals surface area contributed by atoms with E-state index in [9.17, 15) is 18.0 Å². The van der Waals surface area contributed by atoms with Gasteiger partial charge in [-0.15, -0.1) is 0 Å². The molecule has 2 amide bonds. The number of benzene rings is 2. The Hall–Kier alpha value is -2.62. The average molecular weight is 454 g/mol. The van der Waals surface area contributed by atoms with Crippen LogP contribution in [0.25, 0.3) is 0 Å². The molecule has 162 valence electrons. The molecule has 2 N–H and O–H groups in total. The lowest BCUT2D eigenvalue weighted by molar-refractivity contribution is 0.0827. The highest BCUT2D eigenvalue weighted by Gasteiger charge is 2.23. The molecule has 0 unspecified atom stereocenters. The Morgan fingerprint density at radius 3 is 2.27 bits per heavy atom. The van der Waals surface area contributed by atoms with Gasteiger partial charge in [0.15, 0.2) is 0 Å². The number of rotatable bonds is 7. The first-order chi connectivity index (χ1) is 14.0. The summed E-state index contributed by atoms with van der Waals surface area (Å²) in [6.07, 6.45) is 0. The largest absolute Gasteiger partial charge is 0.495 e. The van der Waals surface area contributed by atoms with E-state index in [1.807, 2.05) is 0 Å². The first-order valence-corrected chi connectivity index (χ1v) is 10.8. The number of amides is 2. The minimum absolute atomic E-state index is 0.0836. The number of nitrogens with zero attached hydrogens (tertiary/aromatic N) is 1. The number of nitrogens with one attached hydrogen (secondary N) is 2. The summed E-state index contributed by atoms with van der Waals surface area (Å²) in [6, 6.07) is 8.24. The van der Waals surface area contributed by atoms with Crippen molar-refractivity contribution < 1.29 is 22.7 Å². The second-order valence-electron chi connectivity index (χ2n) is 6.99. The summed E-state index contributed by atoms with van der Waals surface area (Å²) in [4.78, 5) is 26.2. The van der Waals surface area contributed by atoms with Crippen molar-refractivity contribution in [1.29, 1.82) is 0 Å². The number of ether oxygens (including phenoxy) is 1. The van der Waals surface area contributed by atoms with Crippen LogP contribution >= 0.6 is 11.6 Å². The van der Waals surface area contributed by atoms with Gasteiger partial charge >= 0.3 is 0 Å². The quantitative estimate of drug-likeness (QED) is 0.670. The van der Waals surface area contributed by atoms with Gasteiger partial charge in [-0.3, -0.25) is 9.59 Å². The first-order valence-electron chi connectivity index (χ1n) is 8.99. The molecule has 2 aromatic rings. The number of hydrogen-bond donors (Lipinski definition) is 2. The highest BCUT2D eigenvalue weighted by Crippen LogP contribution is 2.27. The molecule has 0 aromatic heterocycles. The normalized spacial score (nSPS) is 11.3. The number of anilines is 1. The summed E-state index contributed by atoms with van der Waals surface area (Å²) < 4.78 is 32.8. The summed E-state index contributed by atoms with van der Waals surface area (Å²) in [7, 11) is 0.667. The van der Waals surface area contributed by atoms with Crippen LogP contribution in [0.4, 0.5) is 5.69 Å². The smallest absolute Gasteiger partial charge is 0.255 e. The van der Waals surface area contributed by atoms with Crippen molar-refractivity contribution in [3.8, 4) is 5.75 Å². The van der Waals surface area contributed by atoms with Gasteiger partial charge in [-0.2, -0.15) is 0 Å². The molecule has 0 aliphatic rings. The molecular formula is C20H24ClN3O5S. The molecule has 0 spiro atoms. The Bertz CT molecular complexity index is 1070. The van der Waals surface area contributed by atoms with Crippen LogP contribution in [0.1, 0.15) is 34.6 Å². The predicted molar refractivity (Wildman–Crippen MR) is 116 cm³/mol. The molecule has 10 heteroatoms. The van der Waals surface area contributed by atoms with Gasteiger partial charge in [0.2, 0.25) is 10.0 Å². The van der Waals surface area contributed by atoms with E-state index in [1.54, 1.807) is 34.0 Å². The van der Waals surface area contributed by atoms with Gasteiger partial charge in [0.25, 0.3) is 11.8 Å². The third-order valence-corrected chi connectivity index (χ3v) is 5.98. The first kappa shape index (κ1) is 23.7. The zero-order chi connectivity index (χ0) is 22.6. The Kier molecular flexibility index (Phi) is 7.46. The van der Waals surface area contributed by atoms with Crippen molar-refractivity contribution in [2.75, 3.05) is 26.5 Å². The minimum atomic E-state index is -3.90. The molecule has 0 fully saturated rings. The highest BCUT2D eigenvalue weighted by molar-refractivity contribution is 7.89. The van der Waals surface area contributed by atoms with Crippen LogP contribution in [0.15, 0.2) is 41.3 Å². The lowest BCUT2D eigenvalue weighted by Gasteiger charge is -2.15. The van der Waals surface area contributed by atoms with Gasteiger partial charge < -0.3 is 15.0 Å². The fraction of sp³-hybridized carbons (Fsp3) is 0.300. The number of halogens is 1. The number of carbonyl (C=O) groups excluding carboxylic acids is 2. The van der Waals surface area contributed by atoms with Gasteiger partial charge in [0.1, 0.15) is 10.6 Å². The van der Waals surface area contributed by atoms with Crippen LogP contribution in [-0.2, 0) is 10.0 Å². The molecular weight excluding hydrogens is 430 g/mol. The minimum Gasteiger partial charge on any atom is -0.495 e. The van der Waals surface area contributed by atoms with E-state index >= 15 is 0 Å². The van der Waals surface area contributed by atoms with Gasteiger partial charge in [-0.1, -0.05) is 11.6 Å². The van der Waals surface area contributed by atoms with Gasteiger partial charge in [-0.25, -0.2) is 13.1 Å². The Labute approximate surface area is 181 Å². The number of sulfonamides is 1. The van der Waals surface area contributed by atoms with Crippen molar-refractivity contribution in [3.05, 3.63) is 52.5 Å². The number of hydrogen-bond acceptors (Lipinski definition) is 5. The molecule has 2 aromatic carbocycles. The van der Waals surface area contributed by atoms with Crippen LogP contribution in [0, 0.1) is 0 Å². The third-order valence-electron chi connectivity index (χ3n) is 3.97. The van der Waals surface area contributed by atoms with Crippen LogP contribution in [0.3, 0.4) is 0 Å². The summed E-state index contributed by atoms with van der Waals surface area (Å²) >= 11 is 6.16. The van der Waals surface area contributed by atoms with Crippen LogP contribution in [0.5, 0.6) is 5.75 Å². The van der Waals surface area contributed by atoms with E-state index in [0.717, 1.165) is 0 Å². The van der Waals surface area contributed by atoms with E-state index in [-0.39, 0.29) is 38.9 Å². The molecule has 0 saturated carbocycles. The molecule has 0 heterocycles. The molecule has 0 saturated heterocycles. The van der Waals surface area contributed by atoms with Crippen LogP contribution in [-0.4, -0.2) is 52.4 Å². The van der Waals surface area contributed by atoms with Gasteiger partial charge in [0.05, 0.1) is 17.8 Å². The SMILES string of the molecule is COc1ccc(C(=O)Nc2cc(C(=O)N(C)C)ccc2Cl)cc1S(=O)(=O)NC(C)C. The number of methoxy groups -OCH3 is 1. The summed E-state index contributed by atoms with van der Waals surface area (Å²) in [5, 5.41) is 2.86. The topological polar surface area (TPSA) is 105 Å². The number of carbonyl (C=O) groups is 2. The van der Waals surface area contributed by atoms with Crippen LogP contribution < -0.4 is 14.8 Å². The van der Waals surface area contributed by atoms with E-state index in [0.29, 0.717) is 5.56 Å². The van der Waals surface area contributed by atoms with Crippen molar-refractivity contribution in [1.82, 2.24) is 9.62 Å². The van der Waals surface area contributed by atoms with E-state index in [1.165, 1.54) is 42.3 Å². The molecule has 30 heavy (non-hydrogen) atoms. The zero-order valence-corrected chi connectivity index (χ0v) is 18.9. The summed E-state index contributed by atoms with van der Waals surface area (Å²) in [6.45, 7) is 3.37. The van der Waals surface area contributed by atoms with E-state index < -0.39 is 15.9 Å². The van der Waals surface area contributed by atoms with E-state index in [2.05, 4.69) is 10.0 Å². The molecule has 0 atom stereocenters. The second-order valence-corrected chi connectivity index (χ2v) is 9.08. The fourth-order valence-corrected chi connectivity index (χ4v) is 4.22. The standard InChI is InChI=1S/C20H24ClN3O5S/c1-12(2)23-30(27,28)18-11-13(7-9-17(18)29-5)19(25)22-16-10-14(6-8-15(16)21)20(26)24(3)4/h6-12,23H,1-5H3,(H,22,25). The molecule has 2 rings (SSSR count). The second kappa shape index (κ2) is 9.46. The average Bonchev–Trinajstić information content (AvgIpc) is 2.67. The Morgan fingerprint density at radius 2 is 1.70 bits per heavy atom. The van der Waals surface area contributed by atoms with Crippen molar-refractivity contribution in [3.63, 3.8) is 0 Å². The molecule has 0 radical (unpaired) electrons. The molecule has 0 bridgehead atoms.